The number of hydrogen-bond acceptors (Lipinski definition) is 1. The van der Waals surface area contributed by atoms with E-state index < -0.39 is 6.10 Å². The van der Waals surface area contributed by atoms with Gasteiger partial charge in [-0.3, -0.25) is 0 Å². The molecule has 0 bridgehead atoms. The monoisotopic (exact) mass is 204 g/mol. The SMILES string of the molecule is C=C[C@H](CCC)[C@H](O)c1ccc(C)cc1. The van der Waals surface area contributed by atoms with Gasteiger partial charge in [0.25, 0.3) is 0 Å². The molecule has 2 atom stereocenters. The van der Waals surface area contributed by atoms with Crippen molar-refractivity contribution < 1.29 is 5.11 Å². The summed E-state index contributed by atoms with van der Waals surface area (Å²) < 4.78 is 0. The van der Waals surface area contributed by atoms with Gasteiger partial charge in [-0.2, -0.15) is 0 Å². The first-order valence-electron chi connectivity index (χ1n) is 5.56. The normalized spacial score (nSPS) is 14.6. The molecule has 1 nitrogen and oxygen atoms in total. The van der Waals surface area contributed by atoms with Gasteiger partial charge in [-0.15, -0.1) is 6.58 Å². The summed E-state index contributed by atoms with van der Waals surface area (Å²) in [5, 5.41) is 10.1. The van der Waals surface area contributed by atoms with Crippen LogP contribution in [-0.4, -0.2) is 5.11 Å². The minimum atomic E-state index is -0.414. The number of rotatable bonds is 5. The Morgan fingerprint density at radius 2 is 1.93 bits per heavy atom. The van der Waals surface area contributed by atoms with Crippen LogP contribution in [0, 0.1) is 12.8 Å². The third-order valence-electron chi connectivity index (χ3n) is 2.75. The Hall–Kier alpha value is -1.08. The molecule has 0 saturated heterocycles. The van der Waals surface area contributed by atoms with E-state index in [0.29, 0.717) is 0 Å². The first kappa shape index (κ1) is 12.0. The topological polar surface area (TPSA) is 20.2 Å². The summed E-state index contributed by atoms with van der Waals surface area (Å²) in [6.07, 6.45) is 3.50. The highest BCUT2D eigenvalue weighted by molar-refractivity contribution is 5.24. The van der Waals surface area contributed by atoms with Gasteiger partial charge in [0.05, 0.1) is 6.10 Å². The summed E-state index contributed by atoms with van der Waals surface area (Å²) in [6.45, 7) is 7.96. The maximum Gasteiger partial charge on any atom is 0.0852 e. The molecular formula is C14H20O. The quantitative estimate of drug-likeness (QED) is 0.726. The molecule has 1 aromatic rings. The number of aryl methyl sites for hydroxylation is 1. The van der Waals surface area contributed by atoms with Crippen molar-refractivity contribution in [2.45, 2.75) is 32.8 Å². The van der Waals surface area contributed by atoms with Crippen molar-refractivity contribution in [3.63, 3.8) is 0 Å². The van der Waals surface area contributed by atoms with Gasteiger partial charge in [0.2, 0.25) is 0 Å². The Bertz CT molecular complexity index is 300. The Balaban J connectivity index is 2.77. The first-order chi connectivity index (χ1) is 7.19. The lowest BCUT2D eigenvalue weighted by Gasteiger charge is -2.19. The van der Waals surface area contributed by atoms with Crippen LogP contribution >= 0.6 is 0 Å². The second kappa shape index (κ2) is 5.72. The van der Waals surface area contributed by atoms with Crippen LogP contribution in [0.15, 0.2) is 36.9 Å². The zero-order valence-corrected chi connectivity index (χ0v) is 9.61. The molecule has 0 aliphatic heterocycles. The summed E-state index contributed by atoms with van der Waals surface area (Å²) in [4.78, 5) is 0. The van der Waals surface area contributed by atoms with Crippen molar-refractivity contribution in [2.24, 2.45) is 5.92 Å². The summed E-state index contributed by atoms with van der Waals surface area (Å²) in [5.41, 5.74) is 2.20. The van der Waals surface area contributed by atoms with E-state index in [9.17, 15) is 5.11 Å². The van der Waals surface area contributed by atoms with Crippen LogP contribution < -0.4 is 0 Å². The van der Waals surface area contributed by atoms with Gasteiger partial charge in [-0.25, -0.2) is 0 Å². The Labute approximate surface area is 92.5 Å². The molecule has 0 aliphatic rings. The molecule has 82 valence electrons. The van der Waals surface area contributed by atoms with Crippen LogP contribution in [-0.2, 0) is 0 Å². The molecule has 0 aromatic heterocycles. The maximum absolute atomic E-state index is 10.1. The fraction of sp³-hybridized carbons (Fsp3) is 0.429. The number of hydrogen-bond donors (Lipinski definition) is 1. The molecule has 1 rings (SSSR count). The van der Waals surface area contributed by atoms with Crippen LogP contribution in [0.5, 0.6) is 0 Å². The Kier molecular flexibility index (Phi) is 4.57. The predicted octanol–water partition coefficient (Wildman–Crippen LogP) is 3.63. The molecule has 0 unspecified atom stereocenters. The second-order valence-corrected chi connectivity index (χ2v) is 4.04. The van der Waals surface area contributed by atoms with Gasteiger partial charge >= 0.3 is 0 Å². The van der Waals surface area contributed by atoms with Gasteiger partial charge < -0.3 is 5.11 Å². The highest BCUT2D eigenvalue weighted by atomic mass is 16.3. The lowest BCUT2D eigenvalue weighted by Crippen LogP contribution is -2.09. The van der Waals surface area contributed by atoms with Gasteiger partial charge in [-0.1, -0.05) is 49.2 Å². The van der Waals surface area contributed by atoms with Crippen LogP contribution in [0.4, 0.5) is 0 Å². The van der Waals surface area contributed by atoms with Gasteiger partial charge in [0, 0.05) is 5.92 Å². The van der Waals surface area contributed by atoms with Crippen molar-refractivity contribution in [1.29, 1.82) is 0 Å². The molecule has 0 spiro atoms. The van der Waals surface area contributed by atoms with Crippen LogP contribution in [0.1, 0.15) is 37.0 Å². The molecule has 0 fully saturated rings. The maximum atomic E-state index is 10.1. The van der Waals surface area contributed by atoms with Gasteiger partial charge in [0.1, 0.15) is 0 Å². The Morgan fingerprint density at radius 1 is 1.33 bits per heavy atom. The third-order valence-corrected chi connectivity index (χ3v) is 2.75. The van der Waals surface area contributed by atoms with Gasteiger partial charge in [0.15, 0.2) is 0 Å². The van der Waals surface area contributed by atoms with E-state index >= 15 is 0 Å². The lowest BCUT2D eigenvalue weighted by molar-refractivity contribution is 0.126. The summed E-state index contributed by atoms with van der Waals surface area (Å²) in [6, 6.07) is 8.05. The zero-order chi connectivity index (χ0) is 11.3. The average Bonchev–Trinajstić information content (AvgIpc) is 2.26. The zero-order valence-electron chi connectivity index (χ0n) is 9.61. The Morgan fingerprint density at radius 3 is 2.40 bits per heavy atom. The highest BCUT2D eigenvalue weighted by Crippen LogP contribution is 2.26. The van der Waals surface area contributed by atoms with Crippen molar-refractivity contribution in [3.05, 3.63) is 48.0 Å². The van der Waals surface area contributed by atoms with Crippen LogP contribution in [0.2, 0.25) is 0 Å². The predicted molar refractivity (Wildman–Crippen MR) is 64.7 cm³/mol. The fourth-order valence-electron chi connectivity index (χ4n) is 1.75. The number of aliphatic hydroxyl groups excluding tert-OH is 1. The average molecular weight is 204 g/mol. The molecule has 1 aromatic carbocycles. The minimum Gasteiger partial charge on any atom is -0.388 e. The van der Waals surface area contributed by atoms with E-state index in [1.807, 2.05) is 37.3 Å². The van der Waals surface area contributed by atoms with E-state index in [-0.39, 0.29) is 5.92 Å². The number of aliphatic hydroxyl groups is 1. The van der Waals surface area contributed by atoms with E-state index in [2.05, 4.69) is 13.5 Å². The molecule has 0 amide bonds. The molecule has 0 heterocycles. The third kappa shape index (κ3) is 3.21. The second-order valence-electron chi connectivity index (χ2n) is 4.04. The molecule has 0 saturated carbocycles. The van der Waals surface area contributed by atoms with E-state index in [1.54, 1.807) is 0 Å². The number of benzene rings is 1. The first-order valence-corrected chi connectivity index (χ1v) is 5.56. The van der Waals surface area contributed by atoms with Crippen molar-refractivity contribution >= 4 is 0 Å². The smallest absolute Gasteiger partial charge is 0.0852 e. The molecule has 1 heteroatoms. The van der Waals surface area contributed by atoms with E-state index in [1.165, 1.54) is 5.56 Å². The summed E-state index contributed by atoms with van der Waals surface area (Å²) in [7, 11) is 0. The molecule has 0 aliphatic carbocycles. The van der Waals surface area contributed by atoms with Crippen molar-refractivity contribution in [3.8, 4) is 0 Å². The highest BCUT2D eigenvalue weighted by Gasteiger charge is 2.16. The lowest BCUT2D eigenvalue weighted by atomic mass is 9.92. The summed E-state index contributed by atoms with van der Waals surface area (Å²) in [5.74, 6) is 0.165. The standard InChI is InChI=1S/C14H20O/c1-4-6-12(5-2)14(15)13-9-7-11(3)8-10-13/h5,7-10,12,14-15H,2,4,6H2,1,3H3/t12-,14+/m1/s1. The largest absolute Gasteiger partial charge is 0.388 e. The van der Waals surface area contributed by atoms with Crippen LogP contribution in [0.25, 0.3) is 0 Å². The van der Waals surface area contributed by atoms with Gasteiger partial charge in [-0.05, 0) is 18.9 Å². The fourth-order valence-corrected chi connectivity index (χ4v) is 1.75. The van der Waals surface area contributed by atoms with Crippen LogP contribution in [0.3, 0.4) is 0 Å². The molecule has 15 heavy (non-hydrogen) atoms. The molecular weight excluding hydrogens is 184 g/mol. The molecule has 0 radical (unpaired) electrons. The van der Waals surface area contributed by atoms with E-state index in [0.717, 1.165) is 18.4 Å². The van der Waals surface area contributed by atoms with E-state index in [4.69, 9.17) is 0 Å². The van der Waals surface area contributed by atoms with Crippen molar-refractivity contribution in [2.75, 3.05) is 0 Å². The summed E-state index contributed by atoms with van der Waals surface area (Å²) >= 11 is 0. The van der Waals surface area contributed by atoms with Crippen molar-refractivity contribution in [1.82, 2.24) is 0 Å². The molecule has 1 N–H and O–H groups in total. The minimum absolute atomic E-state index is 0.165.